The first kappa shape index (κ1) is 18.4. The van der Waals surface area contributed by atoms with Crippen molar-refractivity contribution in [2.45, 2.75) is 44.3 Å². The average molecular weight is 371 g/mol. The zero-order valence-corrected chi connectivity index (χ0v) is 15.8. The smallest absolute Gasteiger partial charge is 0.321 e. The fraction of sp³-hybridized carbons (Fsp3) is 0.619. The van der Waals surface area contributed by atoms with Crippen LogP contribution in [0.2, 0.25) is 0 Å². The summed E-state index contributed by atoms with van der Waals surface area (Å²) >= 11 is 0. The highest BCUT2D eigenvalue weighted by molar-refractivity contribution is 5.82. The number of piperazine rings is 1. The third-order valence-corrected chi connectivity index (χ3v) is 6.22. The molecule has 2 aliphatic heterocycles. The number of amides is 1. The Morgan fingerprint density at radius 2 is 1.74 bits per heavy atom. The van der Waals surface area contributed by atoms with Crippen LogP contribution in [0.1, 0.15) is 31.2 Å². The maximum atomic E-state index is 13.0. The first-order valence-electron chi connectivity index (χ1n) is 10.2. The second-order valence-electron chi connectivity index (χ2n) is 8.10. The van der Waals surface area contributed by atoms with Crippen LogP contribution in [0.4, 0.5) is 0 Å². The van der Waals surface area contributed by atoms with E-state index < -0.39 is 5.97 Å². The minimum absolute atomic E-state index is 0.0474. The molecule has 2 saturated heterocycles. The number of carboxylic acid groups (broad SMARTS) is 1. The number of carbonyl (C=O) groups excluding carboxylic acids is 1. The van der Waals surface area contributed by atoms with Gasteiger partial charge in [0.25, 0.3) is 0 Å². The Balaban J connectivity index is 1.35. The van der Waals surface area contributed by atoms with Crippen LogP contribution in [0, 0.1) is 5.92 Å². The van der Waals surface area contributed by atoms with E-state index in [2.05, 4.69) is 21.9 Å². The zero-order chi connectivity index (χ0) is 18.8. The Hall–Kier alpha value is -1.92. The van der Waals surface area contributed by atoms with Gasteiger partial charge in [0, 0.05) is 39.3 Å². The molecule has 1 N–H and O–H groups in total. The van der Waals surface area contributed by atoms with Gasteiger partial charge < -0.3 is 10.0 Å². The normalized spacial score (nSPS) is 26.1. The summed E-state index contributed by atoms with van der Waals surface area (Å²) in [5.74, 6) is -0.129. The van der Waals surface area contributed by atoms with E-state index in [4.69, 9.17) is 0 Å². The molecule has 0 spiro atoms. The molecule has 3 fully saturated rings. The largest absolute Gasteiger partial charge is 0.480 e. The molecular formula is C21H29N3O3. The summed E-state index contributed by atoms with van der Waals surface area (Å²) in [5.41, 5.74) is 1.17. The van der Waals surface area contributed by atoms with Crippen LogP contribution in [-0.4, -0.2) is 76.5 Å². The fourth-order valence-corrected chi connectivity index (χ4v) is 4.61. The summed E-state index contributed by atoms with van der Waals surface area (Å²) in [7, 11) is 0. The van der Waals surface area contributed by atoms with Crippen LogP contribution in [-0.2, 0) is 16.1 Å². The van der Waals surface area contributed by atoms with E-state index in [9.17, 15) is 14.7 Å². The second-order valence-corrected chi connectivity index (χ2v) is 8.10. The fourth-order valence-electron chi connectivity index (χ4n) is 4.61. The molecule has 1 aromatic carbocycles. The third-order valence-electron chi connectivity index (χ3n) is 6.22. The standard InChI is InChI=1S/C21H29N3O3/c25-20-18(7-4-10-24(20)15-16-5-2-1-3-6-16)22-11-13-23(14-12-22)19(21(26)27)17-8-9-17/h1-3,5-6,17-19H,4,7-15H2,(H,26,27). The lowest BCUT2D eigenvalue weighted by atomic mass is 10.0. The van der Waals surface area contributed by atoms with Crippen LogP contribution in [0.15, 0.2) is 30.3 Å². The quantitative estimate of drug-likeness (QED) is 0.824. The monoisotopic (exact) mass is 371 g/mol. The van der Waals surface area contributed by atoms with Crippen LogP contribution in [0.3, 0.4) is 0 Å². The summed E-state index contributed by atoms with van der Waals surface area (Å²) in [6, 6.07) is 9.78. The van der Waals surface area contributed by atoms with Crippen molar-refractivity contribution in [2.24, 2.45) is 5.92 Å². The molecule has 146 valence electrons. The molecule has 2 unspecified atom stereocenters. The van der Waals surface area contributed by atoms with Crippen molar-refractivity contribution in [1.82, 2.24) is 14.7 Å². The van der Waals surface area contributed by atoms with Gasteiger partial charge in [0.05, 0.1) is 6.04 Å². The Morgan fingerprint density at radius 1 is 1.04 bits per heavy atom. The lowest BCUT2D eigenvalue weighted by Crippen LogP contribution is -2.59. The number of nitrogens with zero attached hydrogens (tertiary/aromatic N) is 3. The Labute approximate surface area is 160 Å². The number of hydrogen-bond acceptors (Lipinski definition) is 4. The van der Waals surface area contributed by atoms with Crippen molar-refractivity contribution >= 4 is 11.9 Å². The number of carbonyl (C=O) groups is 2. The molecule has 1 aliphatic carbocycles. The second kappa shape index (κ2) is 7.98. The van der Waals surface area contributed by atoms with Gasteiger partial charge in [-0.15, -0.1) is 0 Å². The predicted molar refractivity (Wildman–Crippen MR) is 102 cm³/mol. The minimum atomic E-state index is -0.686. The summed E-state index contributed by atoms with van der Waals surface area (Å²) in [6.45, 7) is 4.57. The Morgan fingerprint density at radius 3 is 2.37 bits per heavy atom. The van der Waals surface area contributed by atoms with E-state index in [0.717, 1.165) is 58.4 Å². The van der Waals surface area contributed by atoms with Crippen LogP contribution < -0.4 is 0 Å². The van der Waals surface area contributed by atoms with E-state index in [1.807, 2.05) is 23.1 Å². The van der Waals surface area contributed by atoms with Gasteiger partial charge in [0.15, 0.2) is 0 Å². The van der Waals surface area contributed by atoms with Gasteiger partial charge in [-0.3, -0.25) is 19.4 Å². The van der Waals surface area contributed by atoms with Crippen molar-refractivity contribution in [2.75, 3.05) is 32.7 Å². The molecule has 2 atom stereocenters. The van der Waals surface area contributed by atoms with E-state index in [1.54, 1.807) is 0 Å². The topological polar surface area (TPSA) is 64.1 Å². The molecule has 27 heavy (non-hydrogen) atoms. The summed E-state index contributed by atoms with van der Waals surface area (Å²) in [5, 5.41) is 9.55. The third kappa shape index (κ3) is 4.17. The SMILES string of the molecule is O=C(O)C(C1CC1)N1CCN(C2CCCN(Cc3ccccc3)C2=O)CC1. The molecule has 0 aromatic heterocycles. The van der Waals surface area contributed by atoms with Gasteiger partial charge in [-0.25, -0.2) is 0 Å². The van der Waals surface area contributed by atoms with Gasteiger partial charge in [-0.05, 0) is 37.2 Å². The predicted octanol–water partition coefficient (Wildman–Crippen LogP) is 1.66. The number of aliphatic carboxylic acids is 1. The summed E-state index contributed by atoms with van der Waals surface area (Å²) in [4.78, 5) is 31.0. The van der Waals surface area contributed by atoms with Gasteiger partial charge in [-0.1, -0.05) is 30.3 Å². The van der Waals surface area contributed by atoms with Crippen LogP contribution >= 0.6 is 0 Å². The highest BCUT2D eigenvalue weighted by Crippen LogP contribution is 2.36. The lowest BCUT2D eigenvalue weighted by Gasteiger charge is -2.43. The van der Waals surface area contributed by atoms with Crippen LogP contribution in [0.25, 0.3) is 0 Å². The molecule has 2 heterocycles. The molecule has 6 heteroatoms. The van der Waals surface area contributed by atoms with Crippen molar-refractivity contribution in [1.29, 1.82) is 0 Å². The molecule has 6 nitrogen and oxygen atoms in total. The molecule has 0 bridgehead atoms. The number of carboxylic acids is 1. The first-order valence-corrected chi connectivity index (χ1v) is 10.2. The molecular weight excluding hydrogens is 342 g/mol. The minimum Gasteiger partial charge on any atom is -0.480 e. The lowest BCUT2D eigenvalue weighted by molar-refractivity contribution is -0.147. The number of hydrogen-bond donors (Lipinski definition) is 1. The number of likely N-dealkylation sites (tertiary alicyclic amines) is 1. The van der Waals surface area contributed by atoms with Gasteiger partial charge in [0.2, 0.25) is 5.91 Å². The van der Waals surface area contributed by atoms with Gasteiger partial charge >= 0.3 is 5.97 Å². The molecule has 4 rings (SSSR count). The maximum Gasteiger partial charge on any atom is 0.321 e. The average Bonchev–Trinajstić information content (AvgIpc) is 3.50. The van der Waals surface area contributed by atoms with Crippen molar-refractivity contribution in [3.63, 3.8) is 0 Å². The van der Waals surface area contributed by atoms with E-state index in [1.165, 1.54) is 5.56 Å². The van der Waals surface area contributed by atoms with Crippen molar-refractivity contribution < 1.29 is 14.7 Å². The van der Waals surface area contributed by atoms with Crippen molar-refractivity contribution in [3.8, 4) is 0 Å². The van der Waals surface area contributed by atoms with E-state index in [-0.39, 0.29) is 18.0 Å². The Bertz CT molecular complexity index is 669. The molecule has 1 amide bonds. The van der Waals surface area contributed by atoms with Gasteiger partial charge in [0.1, 0.15) is 6.04 Å². The molecule has 3 aliphatic rings. The van der Waals surface area contributed by atoms with Crippen LogP contribution in [0.5, 0.6) is 0 Å². The first-order chi connectivity index (χ1) is 13.1. The highest BCUT2D eigenvalue weighted by Gasteiger charge is 2.42. The molecule has 0 radical (unpaired) electrons. The zero-order valence-electron chi connectivity index (χ0n) is 15.8. The number of rotatable bonds is 6. The van der Waals surface area contributed by atoms with Crippen molar-refractivity contribution in [3.05, 3.63) is 35.9 Å². The molecule has 1 saturated carbocycles. The van der Waals surface area contributed by atoms with Gasteiger partial charge in [-0.2, -0.15) is 0 Å². The Kier molecular flexibility index (Phi) is 5.45. The highest BCUT2D eigenvalue weighted by atomic mass is 16.4. The number of piperidine rings is 1. The van der Waals surface area contributed by atoms with E-state index >= 15 is 0 Å². The summed E-state index contributed by atoms with van der Waals surface area (Å²) < 4.78 is 0. The number of benzene rings is 1. The maximum absolute atomic E-state index is 13.0. The molecule has 1 aromatic rings. The summed E-state index contributed by atoms with van der Waals surface area (Å²) in [6.07, 6.45) is 4.01. The van der Waals surface area contributed by atoms with E-state index in [0.29, 0.717) is 12.5 Å².